The Morgan fingerprint density at radius 2 is 0.701 bits per heavy atom. The molecule has 12 rings (SSSR count). The first-order valence-corrected chi connectivity index (χ1v) is 22.4. The van der Waals surface area contributed by atoms with E-state index in [2.05, 4.69) is 181 Å². The van der Waals surface area contributed by atoms with Crippen LogP contribution in [0.25, 0.3) is 89.4 Å². The predicted molar refractivity (Wildman–Crippen MR) is 272 cm³/mol. The minimum absolute atomic E-state index is 0.633. The molecule has 0 saturated heterocycles. The first kappa shape index (κ1) is 39.7. The van der Waals surface area contributed by atoms with Gasteiger partial charge < -0.3 is 14.0 Å². The fourth-order valence-corrected chi connectivity index (χ4v) is 9.68. The van der Waals surface area contributed by atoms with E-state index in [1.54, 1.807) is 0 Å². The topological polar surface area (TPSA) is 90.4 Å². The maximum absolute atomic E-state index is 5.46. The number of nitrogens with zero attached hydrogens (tertiary/aromatic N) is 9. The van der Waals surface area contributed by atoms with Gasteiger partial charge in [0.1, 0.15) is 22.1 Å². The molecule has 0 bridgehead atoms. The van der Waals surface area contributed by atoms with Gasteiger partial charge in [0.2, 0.25) is 0 Å². The van der Waals surface area contributed by atoms with Gasteiger partial charge in [-0.15, -0.1) is 0 Å². The van der Waals surface area contributed by atoms with Crippen LogP contribution in [0, 0.1) is 27.7 Å². The molecule has 12 aromatic rings. The molecule has 0 atom stereocenters. The summed E-state index contributed by atoms with van der Waals surface area (Å²) in [5.74, 6) is 0.633. The molecule has 0 aliphatic carbocycles. The summed E-state index contributed by atoms with van der Waals surface area (Å²) >= 11 is 0. The van der Waals surface area contributed by atoms with Crippen molar-refractivity contribution in [2.24, 2.45) is 0 Å². The van der Waals surface area contributed by atoms with Crippen molar-refractivity contribution in [2.75, 3.05) is 4.90 Å². The Hall–Kier alpha value is -8.82. The molecule has 0 aliphatic rings. The maximum atomic E-state index is 5.46. The van der Waals surface area contributed by atoms with Crippen molar-refractivity contribution in [1.29, 1.82) is 0 Å². The minimum atomic E-state index is 0.633. The largest absolute Gasteiger partial charge is 0.307 e. The summed E-state index contributed by atoms with van der Waals surface area (Å²) in [6.45, 7) is 8.63. The summed E-state index contributed by atoms with van der Waals surface area (Å²) in [6.07, 6.45) is 7.54. The summed E-state index contributed by atoms with van der Waals surface area (Å²) in [5.41, 5.74) is 20.6. The van der Waals surface area contributed by atoms with Crippen molar-refractivity contribution >= 4 is 61.2 Å². The van der Waals surface area contributed by atoms with Crippen molar-refractivity contribution in [3.05, 3.63) is 211 Å². The van der Waals surface area contributed by atoms with Crippen molar-refractivity contribution in [2.45, 2.75) is 27.7 Å². The first-order valence-electron chi connectivity index (χ1n) is 22.4. The molecule has 9 nitrogen and oxygen atoms in total. The highest BCUT2D eigenvalue weighted by Crippen LogP contribution is 2.49. The Morgan fingerprint density at radius 3 is 1.09 bits per heavy atom. The zero-order chi connectivity index (χ0) is 45.2. The fraction of sp³-hybridized carbons (Fsp3) is 0.0690. The summed E-state index contributed by atoms with van der Waals surface area (Å²) < 4.78 is 4.77. The van der Waals surface area contributed by atoms with Crippen LogP contribution in [0.5, 0.6) is 0 Å². The summed E-state index contributed by atoms with van der Waals surface area (Å²) in [7, 11) is 0. The molecule has 320 valence electrons. The third-order valence-electron chi connectivity index (χ3n) is 12.8. The maximum Gasteiger partial charge on any atom is 0.160 e. The van der Waals surface area contributed by atoms with Gasteiger partial charge in [0, 0.05) is 52.9 Å². The average molecular weight is 866 g/mol. The number of hydrogen-bond acceptors (Lipinski definition) is 7. The molecule has 0 unspecified atom stereocenters. The van der Waals surface area contributed by atoms with E-state index >= 15 is 0 Å². The SMILES string of the molecule is Cc1ccnc2c3nccc(C)c3n(-c3cc(-c4cc(-c5ccccc5)nc(-c5ccccc5)n4)cc(-n4c5c(C)ccnc5c5nccc(C)c54)c3N(c3ccccc3)c3ccccc3)c12. The monoisotopic (exact) mass is 865 g/mol. The van der Waals surface area contributed by atoms with Gasteiger partial charge >= 0.3 is 0 Å². The second kappa shape index (κ2) is 16.0. The number of para-hydroxylation sites is 2. The standard InChI is InChI=1S/C58H43N9/c1-36-25-29-59-49-50-54(37(2)26-30-60-50)66(53(36)49)47-33-42(46-35-45(40-17-9-5-10-18-40)63-58(64-46)41-19-11-6-12-20-41)34-48(57(47)65(43-21-13-7-14-22-43)44-23-15-8-16-24-44)67-55-38(3)27-31-61-51(55)52-56(67)39(4)28-32-62-52/h5-35H,1-4H3. The third-order valence-corrected chi connectivity index (χ3v) is 12.8. The van der Waals surface area contributed by atoms with Gasteiger partial charge in [-0.05, 0) is 117 Å². The lowest BCUT2D eigenvalue weighted by molar-refractivity contribution is 1.08. The second-order valence-electron chi connectivity index (χ2n) is 17.0. The fourth-order valence-electron chi connectivity index (χ4n) is 9.68. The molecule has 0 fully saturated rings. The van der Waals surface area contributed by atoms with Gasteiger partial charge in [-0.25, -0.2) is 9.97 Å². The van der Waals surface area contributed by atoms with Gasteiger partial charge in [0.05, 0.1) is 50.5 Å². The van der Waals surface area contributed by atoms with Crippen LogP contribution in [0.15, 0.2) is 189 Å². The quantitative estimate of drug-likeness (QED) is 0.150. The van der Waals surface area contributed by atoms with Gasteiger partial charge in [-0.3, -0.25) is 19.9 Å². The van der Waals surface area contributed by atoms with E-state index < -0.39 is 0 Å². The van der Waals surface area contributed by atoms with E-state index in [9.17, 15) is 0 Å². The van der Waals surface area contributed by atoms with Crippen molar-refractivity contribution in [3.63, 3.8) is 0 Å². The molecule has 67 heavy (non-hydrogen) atoms. The number of aromatic nitrogens is 8. The van der Waals surface area contributed by atoms with E-state index in [1.165, 1.54) is 0 Å². The Labute approximate surface area is 387 Å². The lowest BCUT2D eigenvalue weighted by Gasteiger charge is -2.32. The molecule has 7 aromatic heterocycles. The van der Waals surface area contributed by atoms with Crippen LogP contribution in [-0.4, -0.2) is 39.0 Å². The first-order chi connectivity index (χ1) is 32.9. The van der Waals surface area contributed by atoms with E-state index in [4.69, 9.17) is 29.9 Å². The normalized spacial score (nSPS) is 11.6. The van der Waals surface area contributed by atoms with Crippen LogP contribution in [0.4, 0.5) is 17.1 Å². The van der Waals surface area contributed by atoms with Gasteiger partial charge in [0.25, 0.3) is 0 Å². The highest BCUT2D eigenvalue weighted by atomic mass is 15.2. The Morgan fingerprint density at radius 1 is 0.358 bits per heavy atom. The van der Waals surface area contributed by atoms with Crippen LogP contribution in [-0.2, 0) is 0 Å². The summed E-state index contributed by atoms with van der Waals surface area (Å²) in [6, 6.07) is 56.8. The number of fused-ring (bicyclic) bond motifs is 6. The molecule has 0 saturated carbocycles. The van der Waals surface area contributed by atoms with Crippen LogP contribution in [0.1, 0.15) is 22.3 Å². The van der Waals surface area contributed by atoms with E-state index in [0.717, 1.165) is 123 Å². The molecule has 5 aromatic carbocycles. The number of aryl methyl sites for hydroxylation is 4. The van der Waals surface area contributed by atoms with Crippen molar-refractivity contribution in [3.8, 4) is 45.3 Å². The van der Waals surface area contributed by atoms with Crippen LogP contribution >= 0.6 is 0 Å². The lowest BCUT2D eigenvalue weighted by Crippen LogP contribution is -2.17. The van der Waals surface area contributed by atoms with Crippen LogP contribution < -0.4 is 4.90 Å². The Balaban J connectivity index is 1.34. The molecule has 0 radical (unpaired) electrons. The minimum Gasteiger partial charge on any atom is -0.307 e. The molecule has 0 amide bonds. The number of hydrogen-bond donors (Lipinski definition) is 0. The molecule has 7 heterocycles. The molecular weight excluding hydrogens is 823 g/mol. The molecule has 9 heteroatoms. The highest BCUT2D eigenvalue weighted by molar-refractivity contribution is 6.10. The zero-order valence-corrected chi connectivity index (χ0v) is 37.4. The molecular formula is C58H43N9. The average Bonchev–Trinajstić information content (AvgIpc) is 3.91. The number of anilines is 3. The third kappa shape index (κ3) is 6.54. The van der Waals surface area contributed by atoms with E-state index in [0.29, 0.717) is 5.82 Å². The van der Waals surface area contributed by atoms with Crippen LogP contribution in [0.2, 0.25) is 0 Å². The molecule has 0 aliphatic heterocycles. The lowest BCUT2D eigenvalue weighted by atomic mass is 10.0. The Bertz CT molecular complexity index is 3480. The molecule has 0 spiro atoms. The number of pyridine rings is 4. The zero-order valence-electron chi connectivity index (χ0n) is 37.4. The van der Waals surface area contributed by atoms with Crippen molar-refractivity contribution < 1.29 is 0 Å². The summed E-state index contributed by atoms with van der Waals surface area (Å²) in [5, 5.41) is 0. The van der Waals surface area contributed by atoms with Gasteiger partial charge in [-0.2, -0.15) is 0 Å². The highest BCUT2D eigenvalue weighted by Gasteiger charge is 2.30. The number of rotatable bonds is 8. The summed E-state index contributed by atoms with van der Waals surface area (Å²) in [4.78, 5) is 33.3. The molecule has 0 N–H and O–H groups in total. The Kier molecular flexibility index (Phi) is 9.50. The smallest absolute Gasteiger partial charge is 0.160 e. The van der Waals surface area contributed by atoms with E-state index in [1.807, 2.05) is 49.1 Å². The predicted octanol–water partition coefficient (Wildman–Crippen LogP) is 14.0. The second-order valence-corrected chi connectivity index (χ2v) is 17.0. The number of benzene rings is 5. The van der Waals surface area contributed by atoms with Gasteiger partial charge in [-0.1, -0.05) is 97.1 Å². The van der Waals surface area contributed by atoms with E-state index in [-0.39, 0.29) is 0 Å². The van der Waals surface area contributed by atoms with Gasteiger partial charge in [0.15, 0.2) is 5.82 Å². The van der Waals surface area contributed by atoms with Crippen molar-refractivity contribution in [1.82, 2.24) is 39.0 Å². The van der Waals surface area contributed by atoms with Crippen LogP contribution in [0.3, 0.4) is 0 Å².